The van der Waals surface area contributed by atoms with Crippen LogP contribution in [0.2, 0.25) is 0 Å². The fraction of sp³-hybridized carbons (Fsp3) is 0.417. The maximum Gasteiger partial charge on any atom is 0.324 e. The summed E-state index contributed by atoms with van der Waals surface area (Å²) >= 11 is 3.38. The average molecular weight is 317 g/mol. The van der Waals surface area contributed by atoms with E-state index >= 15 is 0 Å². The Morgan fingerprint density at radius 3 is 2.78 bits per heavy atom. The minimum Gasteiger partial charge on any atom is -0.496 e. The zero-order valence-corrected chi connectivity index (χ0v) is 12.2. The molecule has 0 spiro atoms. The van der Waals surface area contributed by atoms with Crippen LogP contribution in [0.4, 0.5) is 5.69 Å². The average Bonchev–Trinajstić information content (AvgIpc) is 2.36. The van der Waals surface area contributed by atoms with Gasteiger partial charge in [-0.05, 0) is 48.0 Å². The van der Waals surface area contributed by atoms with E-state index in [1.807, 2.05) is 18.2 Å². The van der Waals surface area contributed by atoms with Gasteiger partial charge in [0.25, 0.3) is 0 Å². The van der Waals surface area contributed by atoms with Crippen LogP contribution in [-0.4, -0.2) is 25.7 Å². The summed E-state index contributed by atoms with van der Waals surface area (Å²) in [6.07, 6.45) is 0. The molecule has 0 aliphatic rings. The summed E-state index contributed by atoms with van der Waals surface area (Å²) in [5, 5.41) is 0. The molecule has 1 unspecified atom stereocenters. The molecule has 0 aromatic heterocycles. The number of ether oxygens (including phenoxy) is 2. The summed E-state index contributed by atoms with van der Waals surface area (Å²) in [7, 11) is 1.61. The third kappa shape index (κ3) is 4.19. The molecule has 100 valence electrons. The number of carbonyl (C=O) groups excluding carboxylic acids is 1. The van der Waals surface area contributed by atoms with Gasteiger partial charge in [-0.2, -0.15) is 0 Å². The van der Waals surface area contributed by atoms with Gasteiger partial charge >= 0.3 is 5.97 Å². The number of hydrogen-bond acceptors (Lipinski definition) is 5. The van der Waals surface area contributed by atoms with Crippen LogP contribution in [0.1, 0.15) is 13.8 Å². The number of halogens is 1. The van der Waals surface area contributed by atoms with Gasteiger partial charge in [-0.1, -0.05) is 0 Å². The van der Waals surface area contributed by atoms with E-state index in [0.717, 1.165) is 15.9 Å². The molecule has 1 aromatic rings. The van der Waals surface area contributed by atoms with E-state index in [1.54, 1.807) is 21.0 Å². The molecule has 5 nitrogen and oxygen atoms in total. The highest BCUT2D eigenvalue weighted by molar-refractivity contribution is 9.10. The third-order valence-electron chi connectivity index (χ3n) is 2.22. The summed E-state index contributed by atoms with van der Waals surface area (Å²) < 4.78 is 10.8. The molecule has 0 radical (unpaired) electrons. The second kappa shape index (κ2) is 7.23. The molecule has 2 N–H and O–H groups in total. The quantitative estimate of drug-likeness (QED) is 0.623. The molecule has 0 aliphatic carbocycles. The number of carbonyl (C=O) groups is 1. The van der Waals surface area contributed by atoms with E-state index in [9.17, 15) is 4.79 Å². The van der Waals surface area contributed by atoms with Crippen molar-refractivity contribution in [3.8, 4) is 5.75 Å². The Balaban J connectivity index is 2.53. The van der Waals surface area contributed by atoms with Crippen molar-refractivity contribution in [2.24, 2.45) is 0 Å². The SMILES string of the molecule is CCOC(=O)C(C)NNc1ccc(OC)c(Br)c1. The van der Waals surface area contributed by atoms with Crippen LogP contribution in [-0.2, 0) is 9.53 Å². The van der Waals surface area contributed by atoms with Crippen LogP contribution in [0, 0.1) is 0 Å². The van der Waals surface area contributed by atoms with Gasteiger partial charge in [0.2, 0.25) is 0 Å². The highest BCUT2D eigenvalue weighted by Crippen LogP contribution is 2.27. The van der Waals surface area contributed by atoms with E-state index in [4.69, 9.17) is 9.47 Å². The number of benzene rings is 1. The van der Waals surface area contributed by atoms with Crippen molar-refractivity contribution < 1.29 is 14.3 Å². The third-order valence-corrected chi connectivity index (χ3v) is 2.84. The van der Waals surface area contributed by atoms with Gasteiger partial charge in [0.05, 0.1) is 23.9 Å². The van der Waals surface area contributed by atoms with Crippen LogP contribution in [0.3, 0.4) is 0 Å². The Hall–Kier alpha value is -1.27. The van der Waals surface area contributed by atoms with Crippen LogP contribution in [0.15, 0.2) is 22.7 Å². The minimum absolute atomic E-state index is 0.294. The van der Waals surface area contributed by atoms with Gasteiger partial charge in [-0.15, -0.1) is 0 Å². The molecule has 1 atom stereocenters. The summed E-state index contributed by atoms with van der Waals surface area (Å²) in [5.74, 6) is 0.455. The molecular weight excluding hydrogens is 300 g/mol. The number of rotatable bonds is 6. The van der Waals surface area contributed by atoms with Crippen molar-refractivity contribution >= 4 is 27.6 Å². The van der Waals surface area contributed by atoms with E-state index in [0.29, 0.717) is 6.61 Å². The molecule has 0 heterocycles. The smallest absolute Gasteiger partial charge is 0.324 e. The lowest BCUT2D eigenvalue weighted by Gasteiger charge is -2.15. The van der Waals surface area contributed by atoms with Crippen LogP contribution < -0.4 is 15.6 Å². The Kier molecular flexibility index (Phi) is 5.94. The lowest BCUT2D eigenvalue weighted by Crippen LogP contribution is -2.39. The maximum atomic E-state index is 11.4. The predicted octanol–water partition coefficient (Wildman–Crippen LogP) is 2.33. The lowest BCUT2D eigenvalue weighted by atomic mass is 10.3. The summed E-state index contributed by atoms with van der Waals surface area (Å²) in [6, 6.07) is 5.09. The fourth-order valence-corrected chi connectivity index (χ4v) is 1.80. The number of esters is 1. The molecular formula is C12H17BrN2O3. The number of hydrogen-bond donors (Lipinski definition) is 2. The lowest BCUT2D eigenvalue weighted by molar-refractivity contribution is -0.144. The van der Waals surface area contributed by atoms with Gasteiger partial charge in [-0.3, -0.25) is 4.79 Å². The molecule has 0 aliphatic heterocycles. The van der Waals surface area contributed by atoms with Crippen molar-refractivity contribution in [1.29, 1.82) is 0 Å². The molecule has 1 aromatic carbocycles. The molecule has 0 saturated carbocycles. The summed E-state index contributed by atoms with van der Waals surface area (Å²) in [5.41, 5.74) is 6.62. The molecule has 18 heavy (non-hydrogen) atoms. The van der Waals surface area contributed by atoms with Crippen LogP contribution >= 0.6 is 15.9 Å². The monoisotopic (exact) mass is 316 g/mol. The number of anilines is 1. The van der Waals surface area contributed by atoms with Crippen molar-refractivity contribution in [3.63, 3.8) is 0 Å². The number of methoxy groups -OCH3 is 1. The second-order valence-electron chi connectivity index (χ2n) is 3.59. The van der Waals surface area contributed by atoms with E-state index in [-0.39, 0.29) is 5.97 Å². The first-order valence-electron chi connectivity index (χ1n) is 5.60. The van der Waals surface area contributed by atoms with E-state index < -0.39 is 6.04 Å². The zero-order valence-electron chi connectivity index (χ0n) is 10.6. The Morgan fingerprint density at radius 1 is 1.50 bits per heavy atom. The van der Waals surface area contributed by atoms with E-state index in [1.165, 1.54) is 0 Å². The molecule has 0 fully saturated rings. The molecule has 1 rings (SSSR count). The minimum atomic E-state index is -0.425. The van der Waals surface area contributed by atoms with Crippen molar-refractivity contribution in [1.82, 2.24) is 5.43 Å². The highest BCUT2D eigenvalue weighted by Gasteiger charge is 2.12. The normalized spacial score (nSPS) is 11.8. The summed E-state index contributed by atoms with van der Waals surface area (Å²) in [6.45, 7) is 3.88. The maximum absolute atomic E-state index is 11.4. The van der Waals surface area contributed by atoms with Gasteiger partial charge in [0.15, 0.2) is 0 Å². The number of hydrazine groups is 1. The summed E-state index contributed by atoms with van der Waals surface area (Å²) in [4.78, 5) is 11.4. The van der Waals surface area contributed by atoms with Crippen molar-refractivity contribution in [2.75, 3.05) is 19.1 Å². The van der Waals surface area contributed by atoms with Crippen LogP contribution in [0.25, 0.3) is 0 Å². The molecule has 0 bridgehead atoms. The first-order chi connectivity index (χ1) is 8.58. The second-order valence-corrected chi connectivity index (χ2v) is 4.45. The molecule has 0 amide bonds. The highest BCUT2D eigenvalue weighted by atomic mass is 79.9. The van der Waals surface area contributed by atoms with Crippen molar-refractivity contribution in [2.45, 2.75) is 19.9 Å². The van der Waals surface area contributed by atoms with Crippen LogP contribution in [0.5, 0.6) is 5.75 Å². The largest absolute Gasteiger partial charge is 0.496 e. The molecule has 0 saturated heterocycles. The van der Waals surface area contributed by atoms with Crippen molar-refractivity contribution in [3.05, 3.63) is 22.7 Å². The number of nitrogens with one attached hydrogen (secondary N) is 2. The standard InChI is InChI=1S/C12H17BrN2O3/c1-4-18-12(16)8(2)14-15-9-5-6-11(17-3)10(13)7-9/h5-8,14-15H,4H2,1-3H3. The van der Waals surface area contributed by atoms with Gasteiger partial charge in [0.1, 0.15) is 11.8 Å². The Bertz CT molecular complexity index is 412. The predicted molar refractivity (Wildman–Crippen MR) is 73.5 cm³/mol. The Morgan fingerprint density at radius 2 is 2.22 bits per heavy atom. The topological polar surface area (TPSA) is 59.6 Å². The first-order valence-corrected chi connectivity index (χ1v) is 6.39. The Labute approximate surface area is 115 Å². The molecule has 6 heteroatoms. The zero-order chi connectivity index (χ0) is 13.5. The van der Waals surface area contributed by atoms with Gasteiger partial charge in [0, 0.05) is 0 Å². The van der Waals surface area contributed by atoms with Gasteiger partial charge in [-0.25, -0.2) is 5.43 Å². The first kappa shape index (κ1) is 14.8. The van der Waals surface area contributed by atoms with E-state index in [2.05, 4.69) is 26.8 Å². The van der Waals surface area contributed by atoms with Gasteiger partial charge < -0.3 is 14.9 Å². The fourth-order valence-electron chi connectivity index (χ4n) is 1.26.